The SMILES string of the molecule is CC/C=C\C/C=C\C/C=C\C/C=C\C/C=C\C/C=C\C/C=C\CCCCCCCCCC(=O)OCC(COC(=O)CCCC/C=C\C/C=C\C/C=C\C/C=C\CC)OC(=O)CCCCCCCCCCCCCCCCCCCCC. The van der Waals surface area contributed by atoms with E-state index in [4.69, 9.17) is 14.2 Å². The number of esters is 3. The van der Waals surface area contributed by atoms with Gasteiger partial charge in [-0.2, -0.15) is 0 Å². The fourth-order valence-electron chi connectivity index (χ4n) is 9.18. The van der Waals surface area contributed by atoms with Crippen LogP contribution in [0.1, 0.15) is 303 Å². The summed E-state index contributed by atoms with van der Waals surface area (Å²) in [6.07, 6.45) is 96.1. The number of rotatable bonds is 60. The molecule has 0 amide bonds. The lowest BCUT2D eigenvalue weighted by molar-refractivity contribution is -0.167. The maximum Gasteiger partial charge on any atom is 0.306 e. The van der Waals surface area contributed by atoms with Crippen molar-refractivity contribution in [2.75, 3.05) is 13.2 Å². The molecule has 0 fully saturated rings. The molecule has 0 aliphatic rings. The van der Waals surface area contributed by atoms with Crippen LogP contribution in [0.4, 0.5) is 0 Å². The summed E-state index contributed by atoms with van der Waals surface area (Å²) in [6, 6.07) is 0. The van der Waals surface area contributed by atoms with E-state index >= 15 is 0 Å². The van der Waals surface area contributed by atoms with Crippen molar-refractivity contribution < 1.29 is 28.6 Å². The Balaban J connectivity index is 4.39. The van der Waals surface area contributed by atoms with Crippen molar-refractivity contribution in [3.63, 3.8) is 0 Å². The Bertz CT molecular complexity index is 1720. The molecule has 0 rings (SSSR count). The predicted octanol–water partition coefficient (Wildman–Crippen LogP) is 23.3. The maximum atomic E-state index is 12.9. The van der Waals surface area contributed by atoms with Crippen LogP contribution in [-0.2, 0) is 28.6 Å². The van der Waals surface area contributed by atoms with Gasteiger partial charge in [0.1, 0.15) is 13.2 Å². The van der Waals surface area contributed by atoms with Gasteiger partial charge >= 0.3 is 17.9 Å². The normalized spacial score (nSPS) is 13.0. The van der Waals surface area contributed by atoms with Crippen molar-refractivity contribution in [3.8, 4) is 0 Å². The summed E-state index contributed by atoms with van der Waals surface area (Å²) in [4.78, 5) is 38.4. The largest absolute Gasteiger partial charge is 0.462 e. The Morgan fingerprint density at radius 1 is 0.259 bits per heavy atom. The molecule has 0 aromatic heterocycles. The molecular weight excluding hydrogens is 997 g/mol. The Hall–Kier alpha value is -4.45. The van der Waals surface area contributed by atoms with Crippen molar-refractivity contribution in [1.29, 1.82) is 0 Å². The molecule has 460 valence electrons. The number of hydrogen-bond acceptors (Lipinski definition) is 6. The van der Waals surface area contributed by atoms with Crippen molar-refractivity contribution >= 4 is 17.9 Å². The highest BCUT2D eigenvalue weighted by Crippen LogP contribution is 2.16. The Labute approximate surface area is 500 Å². The summed E-state index contributed by atoms with van der Waals surface area (Å²) in [5, 5.41) is 0. The lowest BCUT2D eigenvalue weighted by Crippen LogP contribution is -2.30. The van der Waals surface area contributed by atoms with Gasteiger partial charge in [0, 0.05) is 19.3 Å². The second-order valence-corrected chi connectivity index (χ2v) is 22.0. The fraction of sp³-hybridized carbons (Fsp3) is 0.667. The van der Waals surface area contributed by atoms with E-state index in [1.807, 2.05) is 0 Å². The third-order valence-electron chi connectivity index (χ3n) is 14.2. The highest BCUT2D eigenvalue weighted by Gasteiger charge is 2.19. The monoisotopic (exact) mass is 1120 g/mol. The van der Waals surface area contributed by atoms with Crippen LogP contribution < -0.4 is 0 Å². The summed E-state index contributed by atoms with van der Waals surface area (Å²) in [5.41, 5.74) is 0. The van der Waals surface area contributed by atoms with Crippen LogP contribution in [0.25, 0.3) is 0 Å². The zero-order chi connectivity index (χ0) is 58.5. The molecule has 0 N–H and O–H groups in total. The van der Waals surface area contributed by atoms with Gasteiger partial charge in [-0.25, -0.2) is 0 Å². The molecule has 0 aromatic rings. The first kappa shape index (κ1) is 76.5. The van der Waals surface area contributed by atoms with E-state index in [2.05, 4.69) is 154 Å². The number of carbonyl (C=O) groups excluding carboxylic acids is 3. The van der Waals surface area contributed by atoms with E-state index in [0.29, 0.717) is 19.3 Å². The average molecular weight is 1120 g/mol. The zero-order valence-corrected chi connectivity index (χ0v) is 52.8. The number of carbonyl (C=O) groups is 3. The van der Waals surface area contributed by atoms with E-state index in [9.17, 15) is 14.4 Å². The van der Waals surface area contributed by atoms with Gasteiger partial charge in [0.15, 0.2) is 6.10 Å². The molecule has 0 heterocycles. The minimum absolute atomic E-state index is 0.0985. The van der Waals surface area contributed by atoms with Gasteiger partial charge < -0.3 is 14.2 Å². The van der Waals surface area contributed by atoms with Crippen molar-refractivity contribution in [3.05, 3.63) is 134 Å². The number of allylic oxidation sites excluding steroid dienone is 22. The summed E-state index contributed by atoms with van der Waals surface area (Å²) >= 11 is 0. The highest BCUT2D eigenvalue weighted by molar-refractivity contribution is 5.71. The molecule has 0 aromatic carbocycles. The van der Waals surface area contributed by atoms with Crippen LogP contribution in [0.3, 0.4) is 0 Å². The van der Waals surface area contributed by atoms with Crippen LogP contribution in [0.15, 0.2) is 134 Å². The van der Waals surface area contributed by atoms with Gasteiger partial charge in [0.25, 0.3) is 0 Å². The molecule has 0 spiro atoms. The van der Waals surface area contributed by atoms with Gasteiger partial charge in [-0.05, 0) is 116 Å². The summed E-state index contributed by atoms with van der Waals surface area (Å²) in [7, 11) is 0. The van der Waals surface area contributed by atoms with Crippen LogP contribution in [0, 0.1) is 0 Å². The third kappa shape index (κ3) is 66.2. The Morgan fingerprint density at radius 3 is 0.778 bits per heavy atom. The van der Waals surface area contributed by atoms with Crippen LogP contribution in [-0.4, -0.2) is 37.2 Å². The third-order valence-corrected chi connectivity index (χ3v) is 14.2. The van der Waals surface area contributed by atoms with Crippen molar-refractivity contribution in [2.45, 2.75) is 309 Å². The zero-order valence-electron chi connectivity index (χ0n) is 52.8. The number of ether oxygens (including phenoxy) is 3. The smallest absolute Gasteiger partial charge is 0.306 e. The second-order valence-electron chi connectivity index (χ2n) is 22.0. The van der Waals surface area contributed by atoms with Crippen LogP contribution >= 0.6 is 0 Å². The molecule has 1 unspecified atom stereocenters. The number of unbranched alkanes of at least 4 members (excludes halogenated alkanes) is 27. The summed E-state index contributed by atoms with van der Waals surface area (Å²) < 4.78 is 16.9. The first-order valence-electron chi connectivity index (χ1n) is 33.7. The first-order chi connectivity index (χ1) is 40.0. The highest BCUT2D eigenvalue weighted by atomic mass is 16.6. The standard InChI is InChI=1S/C75H124O6/c1-4-7-10-13-16-19-22-25-28-30-32-33-34-35-36-37-38-39-40-41-43-44-47-50-53-56-59-62-65-68-74(77)80-71-72(70-79-73(76)67-64-61-58-55-52-49-46-27-24-21-18-15-12-9-6-3)81-75(78)69-66-63-60-57-54-51-48-45-42-31-29-26-23-20-17-14-11-8-5-2/h7,9-10,12,16,18-19,21,25,27-28,32-33,35-36,38-39,41,43,46,52,55,72H,4-6,8,11,13-15,17,20,22-24,26,29-31,34,37,40,42,44-45,47-51,53-54,56-71H2,1-3H3/b10-7-,12-9-,19-16-,21-18-,28-25-,33-32-,36-35-,39-38-,43-41-,46-27-,55-52-. The second kappa shape index (κ2) is 68.1. The van der Waals surface area contributed by atoms with Crippen LogP contribution in [0.2, 0.25) is 0 Å². The topological polar surface area (TPSA) is 78.9 Å². The van der Waals surface area contributed by atoms with Gasteiger partial charge in [0.05, 0.1) is 0 Å². The van der Waals surface area contributed by atoms with E-state index in [1.165, 1.54) is 128 Å². The van der Waals surface area contributed by atoms with Crippen LogP contribution in [0.5, 0.6) is 0 Å². The molecule has 6 nitrogen and oxygen atoms in total. The molecule has 1 atom stereocenters. The Kier molecular flexibility index (Phi) is 64.3. The van der Waals surface area contributed by atoms with Gasteiger partial charge in [-0.3, -0.25) is 14.4 Å². The van der Waals surface area contributed by atoms with Crippen molar-refractivity contribution in [2.24, 2.45) is 0 Å². The molecule has 0 aliphatic carbocycles. The van der Waals surface area contributed by atoms with E-state index in [-0.39, 0.29) is 31.1 Å². The predicted molar refractivity (Wildman–Crippen MR) is 353 cm³/mol. The molecule has 6 heteroatoms. The van der Waals surface area contributed by atoms with Gasteiger partial charge in [-0.1, -0.05) is 302 Å². The minimum atomic E-state index is -0.804. The molecule has 0 aliphatic heterocycles. The molecule has 0 saturated carbocycles. The fourth-order valence-corrected chi connectivity index (χ4v) is 9.18. The average Bonchev–Trinajstić information content (AvgIpc) is 3.47. The Morgan fingerprint density at radius 2 is 0.481 bits per heavy atom. The molecule has 0 bridgehead atoms. The van der Waals surface area contributed by atoms with Gasteiger partial charge in [0.2, 0.25) is 0 Å². The minimum Gasteiger partial charge on any atom is -0.462 e. The maximum absolute atomic E-state index is 12.9. The number of hydrogen-bond donors (Lipinski definition) is 0. The van der Waals surface area contributed by atoms with E-state index in [0.717, 1.165) is 135 Å². The molecular formula is C75H124O6. The van der Waals surface area contributed by atoms with Gasteiger partial charge in [-0.15, -0.1) is 0 Å². The van der Waals surface area contributed by atoms with E-state index in [1.54, 1.807) is 0 Å². The molecule has 0 radical (unpaired) electrons. The van der Waals surface area contributed by atoms with Crippen molar-refractivity contribution in [1.82, 2.24) is 0 Å². The summed E-state index contributed by atoms with van der Waals surface area (Å²) in [6.45, 7) is 6.39. The molecule has 0 saturated heterocycles. The lowest BCUT2D eigenvalue weighted by atomic mass is 10.0. The first-order valence-corrected chi connectivity index (χ1v) is 33.7. The summed E-state index contributed by atoms with van der Waals surface area (Å²) in [5.74, 6) is -0.943. The molecule has 81 heavy (non-hydrogen) atoms. The quantitative estimate of drug-likeness (QED) is 0.0261. The lowest BCUT2D eigenvalue weighted by Gasteiger charge is -2.18. The van der Waals surface area contributed by atoms with E-state index < -0.39 is 6.10 Å².